The van der Waals surface area contributed by atoms with Crippen LogP contribution >= 0.6 is 0 Å². The summed E-state index contributed by atoms with van der Waals surface area (Å²) in [6.07, 6.45) is 10.1. The van der Waals surface area contributed by atoms with Crippen LogP contribution in [0.3, 0.4) is 0 Å². The first-order chi connectivity index (χ1) is 13.6. The lowest BCUT2D eigenvalue weighted by atomic mass is 9.56. The first-order valence-corrected chi connectivity index (χ1v) is 11.3. The molecule has 3 atom stereocenters. The Morgan fingerprint density at radius 3 is 2.39 bits per heavy atom. The Morgan fingerprint density at radius 2 is 1.75 bits per heavy atom. The quantitative estimate of drug-likeness (QED) is 0.770. The van der Waals surface area contributed by atoms with Gasteiger partial charge in [0, 0.05) is 36.5 Å². The first kappa shape index (κ1) is 18.1. The summed E-state index contributed by atoms with van der Waals surface area (Å²) < 4.78 is 1.92. The summed E-state index contributed by atoms with van der Waals surface area (Å²) in [5.41, 5.74) is 3.83. The van der Waals surface area contributed by atoms with E-state index in [1.165, 1.54) is 49.9 Å². The van der Waals surface area contributed by atoms with E-state index in [-0.39, 0.29) is 5.91 Å². The van der Waals surface area contributed by atoms with Crippen molar-refractivity contribution < 1.29 is 4.79 Å². The van der Waals surface area contributed by atoms with Crippen molar-refractivity contribution in [3.05, 3.63) is 29.2 Å². The Bertz CT molecular complexity index is 864. The summed E-state index contributed by atoms with van der Waals surface area (Å²) in [5, 5.41) is 4.72. The van der Waals surface area contributed by atoms with Gasteiger partial charge in [-0.1, -0.05) is 33.1 Å². The molecule has 0 radical (unpaired) electrons. The molecule has 2 saturated carbocycles. The third-order valence-electron chi connectivity index (χ3n) is 7.29. The summed E-state index contributed by atoms with van der Waals surface area (Å²) in [6.45, 7) is 6.12. The Kier molecular flexibility index (Phi) is 4.64. The van der Waals surface area contributed by atoms with Gasteiger partial charge in [0.15, 0.2) is 11.3 Å². The van der Waals surface area contributed by atoms with E-state index in [4.69, 9.17) is 10.1 Å². The highest BCUT2D eigenvalue weighted by Crippen LogP contribution is 2.55. The van der Waals surface area contributed by atoms with E-state index in [2.05, 4.69) is 19.9 Å². The van der Waals surface area contributed by atoms with Crippen LogP contribution in [0.15, 0.2) is 12.1 Å². The van der Waals surface area contributed by atoms with E-state index in [0.29, 0.717) is 17.5 Å². The van der Waals surface area contributed by atoms with Crippen LogP contribution in [0.25, 0.3) is 5.65 Å². The van der Waals surface area contributed by atoms with Gasteiger partial charge < -0.3 is 4.90 Å². The molecule has 2 aromatic rings. The van der Waals surface area contributed by atoms with Gasteiger partial charge in [-0.05, 0) is 55.9 Å². The number of fused-ring (bicyclic) bond motifs is 3. The molecule has 3 heterocycles. The van der Waals surface area contributed by atoms with E-state index < -0.39 is 0 Å². The van der Waals surface area contributed by atoms with Gasteiger partial charge in [0.2, 0.25) is 0 Å². The molecule has 5 heteroatoms. The monoisotopic (exact) mass is 380 g/mol. The lowest BCUT2D eigenvalue weighted by Crippen LogP contribution is -2.39. The Morgan fingerprint density at radius 1 is 1.04 bits per heavy atom. The summed E-state index contributed by atoms with van der Waals surface area (Å²) in [4.78, 5) is 20.1. The lowest BCUT2D eigenvalue weighted by Gasteiger charge is -2.49. The van der Waals surface area contributed by atoms with Crippen molar-refractivity contribution in [1.29, 1.82) is 0 Å². The molecular weight excluding hydrogens is 348 g/mol. The van der Waals surface area contributed by atoms with Crippen LogP contribution in [0.2, 0.25) is 0 Å². The van der Waals surface area contributed by atoms with Crippen LogP contribution in [0, 0.1) is 11.8 Å². The topological polar surface area (TPSA) is 50.5 Å². The van der Waals surface area contributed by atoms with Gasteiger partial charge >= 0.3 is 0 Å². The molecule has 3 aliphatic rings. The van der Waals surface area contributed by atoms with Crippen LogP contribution in [-0.2, 0) is 0 Å². The van der Waals surface area contributed by atoms with Crippen LogP contribution in [-0.4, -0.2) is 38.5 Å². The molecule has 150 valence electrons. The highest BCUT2D eigenvalue weighted by Gasteiger charge is 2.45. The van der Waals surface area contributed by atoms with Crippen LogP contribution in [0.5, 0.6) is 0 Å². The molecule has 1 saturated heterocycles. The lowest BCUT2D eigenvalue weighted by molar-refractivity contribution is 0.0697. The minimum absolute atomic E-state index is 0.0733. The second kappa shape index (κ2) is 7.16. The fourth-order valence-electron chi connectivity index (χ4n) is 5.73. The van der Waals surface area contributed by atoms with Crippen molar-refractivity contribution >= 4 is 11.6 Å². The minimum atomic E-state index is 0.0733. The van der Waals surface area contributed by atoms with Crippen molar-refractivity contribution in [3.63, 3.8) is 0 Å². The number of nitrogens with zero attached hydrogens (tertiary/aromatic N) is 4. The van der Waals surface area contributed by atoms with Gasteiger partial charge in [-0.2, -0.15) is 5.10 Å². The maximum Gasteiger partial charge on any atom is 0.274 e. The Labute approximate surface area is 167 Å². The van der Waals surface area contributed by atoms with E-state index >= 15 is 0 Å². The van der Waals surface area contributed by atoms with Crippen molar-refractivity contribution in [2.45, 2.75) is 77.0 Å². The molecule has 0 spiro atoms. The van der Waals surface area contributed by atoms with Gasteiger partial charge in [0.25, 0.3) is 5.91 Å². The fourth-order valence-corrected chi connectivity index (χ4v) is 5.73. The maximum absolute atomic E-state index is 13.1. The van der Waals surface area contributed by atoms with Crippen LogP contribution in [0.1, 0.15) is 98.9 Å². The molecule has 5 rings (SSSR count). The number of carbonyl (C=O) groups excluding carboxylic acids is 1. The molecule has 2 unspecified atom stereocenters. The molecule has 0 aromatic carbocycles. The number of rotatable bonds is 3. The van der Waals surface area contributed by atoms with Crippen molar-refractivity contribution in [2.75, 3.05) is 13.1 Å². The zero-order chi connectivity index (χ0) is 19.3. The number of hydrogen-bond acceptors (Lipinski definition) is 3. The van der Waals surface area contributed by atoms with E-state index in [9.17, 15) is 4.79 Å². The molecule has 28 heavy (non-hydrogen) atoms. The minimum Gasteiger partial charge on any atom is -0.337 e. The molecule has 0 N–H and O–H groups in total. The average Bonchev–Trinajstić information content (AvgIpc) is 2.93. The SMILES string of the molecule is CC(C)c1cc(C2C3CCC[C@H]2C3)nc2cc(C(=O)N3CCCCCC3)nn12. The number of likely N-dealkylation sites (tertiary alicyclic amines) is 1. The standard InChI is InChI=1S/C23H32N4O/c1-15(2)20-13-18(22-16-8-7-9-17(22)12-16)24-21-14-19(25-27(20)21)23(28)26-10-5-3-4-6-11-26/h13-17,22H,3-12H2,1-2H3/t16-,17?,22?/m0/s1. The average molecular weight is 381 g/mol. The molecule has 2 aromatic heterocycles. The first-order valence-electron chi connectivity index (χ1n) is 11.3. The van der Waals surface area contributed by atoms with Gasteiger partial charge in [0.1, 0.15) is 0 Å². The fraction of sp³-hybridized carbons (Fsp3) is 0.696. The summed E-state index contributed by atoms with van der Waals surface area (Å²) in [7, 11) is 0. The molecule has 2 bridgehead atoms. The number of amides is 1. The molecule has 3 fully saturated rings. The molecule has 5 nitrogen and oxygen atoms in total. The molecular formula is C23H32N4O. The predicted octanol–water partition coefficient (Wildman–Crippen LogP) is 4.77. The van der Waals surface area contributed by atoms with E-state index in [0.717, 1.165) is 43.4 Å². The van der Waals surface area contributed by atoms with Gasteiger partial charge in [-0.25, -0.2) is 9.50 Å². The number of carbonyl (C=O) groups is 1. The largest absolute Gasteiger partial charge is 0.337 e. The Hall–Kier alpha value is -1.91. The van der Waals surface area contributed by atoms with Crippen LogP contribution < -0.4 is 0 Å². The second-order valence-corrected chi connectivity index (χ2v) is 9.48. The smallest absolute Gasteiger partial charge is 0.274 e. The predicted molar refractivity (Wildman–Crippen MR) is 110 cm³/mol. The van der Waals surface area contributed by atoms with Gasteiger partial charge in [-0.15, -0.1) is 0 Å². The van der Waals surface area contributed by atoms with Crippen molar-refractivity contribution in [3.8, 4) is 0 Å². The number of aromatic nitrogens is 3. The normalized spacial score (nSPS) is 27.7. The third-order valence-corrected chi connectivity index (χ3v) is 7.29. The van der Waals surface area contributed by atoms with Crippen LogP contribution in [0.4, 0.5) is 0 Å². The Balaban J connectivity index is 1.51. The highest BCUT2D eigenvalue weighted by atomic mass is 16.2. The second-order valence-electron chi connectivity index (χ2n) is 9.48. The maximum atomic E-state index is 13.1. The molecule has 2 aliphatic carbocycles. The van der Waals surface area contributed by atoms with Gasteiger partial charge in [-0.3, -0.25) is 4.79 Å². The van der Waals surface area contributed by atoms with E-state index in [1.807, 2.05) is 15.5 Å². The highest BCUT2D eigenvalue weighted by molar-refractivity contribution is 5.93. The molecule has 1 aliphatic heterocycles. The third kappa shape index (κ3) is 3.03. The van der Waals surface area contributed by atoms with Gasteiger partial charge in [0.05, 0.1) is 0 Å². The van der Waals surface area contributed by atoms with Crippen molar-refractivity contribution in [1.82, 2.24) is 19.5 Å². The summed E-state index contributed by atoms with van der Waals surface area (Å²) >= 11 is 0. The summed E-state index contributed by atoms with van der Waals surface area (Å²) in [5.74, 6) is 2.68. The molecule has 1 amide bonds. The zero-order valence-corrected chi connectivity index (χ0v) is 17.2. The van der Waals surface area contributed by atoms with E-state index in [1.54, 1.807) is 0 Å². The van der Waals surface area contributed by atoms with Crippen molar-refractivity contribution in [2.24, 2.45) is 11.8 Å². The summed E-state index contributed by atoms with van der Waals surface area (Å²) in [6, 6.07) is 4.21. The number of hydrogen-bond donors (Lipinski definition) is 0. The zero-order valence-electron chi connectivity index (χ0n) is 17.2.